The van der Waals surface area contributed by atoms with Crippen LogP contribution in [0.15, 0.2) is 39.2 Å². The van der Waals surface area contributed by atoms with Gasteiger partial charge in [-0.25, -0.2) is 4.79 Å². The number of aliphatic imine (C=N–C) groups is 3. The lowest BCUT2D eigenvalue weighted by Gasteiger charge is -2.28. The number of aliphatic carboxylic acids is 1. The molecule has 446 valence electrons. The van der Waals surface area contributed by atoms with Gasteiger partial charge in [-0.1, -0.05) is 46.2 Å². The maximum atomic E-state index is 14.5. The van der Waals surface area contributed by atoms with Gasteiger partial charge in [0.1, 0.15) is 48.0 Å². The van der Waals surface area contributed by atoms with Crippen LogP contribution in [0.5, 0.6) is 5.75 Å². The number of nitrogens with two attached hydrogens (primary N) is 8. The van der Waals surface area contributed by atoms with Gasteiger partial charge >= 0.3 is 5.97 Å². The highest BCUT2D eigenvalue weighted by atomic mass is 32.2. The van der Waals surface area contributed by atoms with E-state index in [1.54, 1.807) is 39.2 Å². The predicted octanol–water partition coefficient (Wildman–Crippen LogP) is -3.12. The number of hydrogen-bond acceptors (Lipinski definition) is 15. The molecule has 0 unspecified atom stereocenters. The number of benzene rings is 1. The molecule has 0 heterocycles. The Morgan fingerprint density at radius 3 is 1.28 bits per heavy atom. The summed E-state index contributed by atoms with van der Waals surface area (Å²) < 4.78 is 0. The highest BCUT2D eigenvalue weighted by molar-refractivity contribution is 7.98. The van der Waals surface area contributed by atoms with Gasteiger partial charge in [0.05, 0.1) is 6.04 Å². The van der Waals surface area contributed by atoms with Gasteiger partial charge in [0, 0.05) is 26.1 Å². The Labute approximate surface area is 467 Å². The maximum Gasteiger partial charge on any atom is 0.326 e. The number of phenols is 1. The maximum absolute atomic E-state index is 14.5. The summed E-state index contributed by atoms with van der Waals surface area (Å²) in [6.07, 6.45) is 3.72. The number of aromatic hydroxyl groups is 1. The lowest BCUT2D eigenvalue weighted by Crippen LogP contribution is -2.60. The second-order valence-electron chi connectivity index (χ2n) is 19.6. The summed E-state index contributed by atoms with van der Waals surface area (Å²) in [7, 11) is 0. The van der Waals surface area contributed by atoms with Crippen molar-refractivity contribution in [3.8, 4) is 5.75 Å². The molecule has 1 aromatic carbocycles. The molecule has 0 aromatic heterocycles. The van der Waals surface area contributed by atoms with E-state index in [4.69, 9.17) is 45.9 Å². The van der Waals surface area contributed by atoms with Crippen LogP contribution in [0.25, 0.3) is 0 Å². The quantitative estimate of drug-likeness (QED) is 0.0176. The van der Waals surface area contributed by atoms with E-state index >= 15 is 0 Å². The first kappa shape index (κ1) is 69.9. The first-order chi connectivity index (χ1) is 37.3. The van der Waals surface area contributed by atoms with E-state index in [-0.39, 0.29) is 119 Å². The van der Waals surface area contributed by atoms with Crippen molar-refractivity contribution < 1.29 is 48.6 Å². The Morgan fingerprint density at radius 1 is 0.532 bits per heavy atom. The molecule has 0 saturated carbocycles. The smallest absolute Gasteiger partial charge is 0.326 e. The molecule has 0 aliphatic rings. The largest absolute Gasteiger partial charge is 0.508 e. The molecule has 0 bridgehead atoms. The number of rotatable bonds is 40. The number of nitrogens with zero attached hydrogens (tertiary/aromatic N) is 3. The van der Waals surface area contributed by atoms with Crippen LogP contribution < -0.4 is 83.1 Å². The molecule has 0 saturated heterocycles. The monoisotopic (exact) mass is 1130 g/mol. The van der Waals surface area contributed by atoms with Gasteiger partial charge in [0.25, 0.3) is 0 Å². The summed E-state index contributed by atoms with van der Waals surface area (Å²) >= 11 is 1.40. The Morgan fingerprint density at radius 2 is 0.899 bits per heavy atom. The second kappa shape index (κ2) is 38.4. The summed E-state index contributed by atoms with van der Waals surface area (Å²) in [6, 6.07) is -4.17. The van der Waals surface area contributed by atoms with Crippen molar-refractivity contribution in [2.75, 3.05) is 38.2 Å². The molecule has 29 heteroatoms. The first-order valence-corrected chi connectivity index (χ1v) is 28.0. The van der Waals surface area contributed by atoms with Crippen molar-refractivity contribution in [3.05, 3.63) is 29.8 Å². The van der Waals surface area contributed by atoms with E-state index in [1.807, 2.05) is 6.92 Å². The lowest BCUT2D eigenvalue weighted by molar-refractivity contribution is -0.142. The molecule has 1 aromatic rings. The topological polar surface area (TPSA) is 506 Å². The fourth-order valence-electron chi connectivity index (χ4n) is 7.77. The molecule has 0 aliphatic heterocycles. The van der Waals surface area contributed by atoms with E-state index in [9.17, 15) is 48.6 Å². The van der Waals surface area contributed by atoms with Crippen LogP contribution in [0.1, 0.15) is 110 Å². The van der Waals surface area contributed by atoms with Crippen LogP contribution in [0.2, 0.25) is 0 Å². The lowest BCUT2D eigenvalue weighted by atomic mass is 9.98. The number of carbonyl (C=O) groups excluding carboxylic acids is 7. The number of carboxylic acid groups (broad SMARTS) is 1. The number of carboxylic acids is 1. The van der Waals surface area contributed by atoms with Crippen LogP contribution >= 0.6 is 11.8 Å². The second-order valence-corrected chi connectivity index (χ2v) is 20.6. The molecule has 0 spiro atoms. The molecule has 1 rings (SSSR count). The molecule has 0 radical (unpaired) electrons. The third-order valence-corrected chi connectivity index (χ3v) is 13.1. The van der Waals surface area contributed by atoms with Gasteiger partial charge < -0.3 is 93.3 Å². The molecule has 79 heavy (non-hydrogen) atoms. The molecule has 9 atom stereocenters. The molecular formula is C50H90N18O10S. The van der Waals surface area contributed by atoms with Gasteiger partial charge in [-0.05, 0) is 119 Å². The highest BCUT2D eigenvalue weighted by Gasteiger charge is 2.35. The summed E-state index contributed by atoms with van der Waals surface area (Å²) in [5.41, 5.74) is 45.7. The third-order valence-electron chi connectivity index (χ3n) is 12.4. The predicted molar refractivity (Wildman–Crippen MR) is 305 cm³/mol. The van der Waals surface area contributed by atoms with Crippen molar-refractivity contribution in [2.24, 2.45) is 72.7 Å². The minimum atomic E-state index is -1.41. The highest BCUT2D eigenvalue weighted by Crippen LogP contribution is 2.15. The van der Waals surface area contributed by atoms with Crippen molar-refractivity contribution in [1.29, 1.82) is 0 Å². The van der Waals surface area contributed by atoms with E-state index in [1.165, 1.54) is 23.9 Å². The Bertz CT molecular complexity index is 2170. The fourth-order valence-corrected chi connectivity index (χ4v) is 8.24. The van der Waals surface area contributed by atoms with Gasteiger partial charge in [-0.15, -0.1) is 0 Å². The van der Waals surface area contributed by atoms with Gasteiger partial charge in [-0.3, -0.25) is 48.5 Å². The van der Waals surface area contributed by atoms with Crippen LogP contribution in [-0.4, -0.2) is 162 Å². The Balaban J connectivity index is 3.74. The minimum Gasteiger partial charge on any atom is -0.508 e. The van der Waals surface area contributed by atoms with E-state index in [0.717, 1.165) is 0 Å². The number of thioether (sulfide) groups is 1. The minimum absolute atomic E-state index is 0.0215. The van der Waals surface area contributed by atoms with Gasteiger partial charge in [0.15, 0.2) is 17.9 Å². The fraction of sp³-hybridized carbons (Fsp3) is 0.660. The average Bonchev–Trinajstić information content (AvgIpc) is 3.38. The number of nitrogens with one attached hydrogen (secondary N) is 7. The molecule has 0 fully saturated rings. The zero-order valence-electron chi connectivity index (χ0n) is 46.3. The van der Waals surface area contributed by atoms with Crippen LogP contribution in [0.4, 0.5) is 0 Å². The van der Waals surface area contributed by atoms with Crippen LogP contribution in [-0.2, 0) is 44.8 Å². The molecular weight excluding hydrogens is 1040 g/mol. The summed E-state index contributed by atoms with van der Waals surface area (Å²) in [4.78, 5) is 123. The Kier molecular flexibility index (Phi) is 34.0. The molecule has 25 N–H and O–H groups in total. The molecule has 7 amide bonds. The molecule has 0 aliphatic carbocycles. The van der Waals surface area contributed by atoms with Crippen molar-refractivity contribution >= 4 is 77.0 Å². The third kappa shape index (κ3) is 29.4. The number of phenolic OH excluding ortho intramolecular Hbond substituents is 1. The number of hydrogen-bond donors (Lipinski definition) is 17. The zero-order chi connectivity index (χ0) is 59.6. The van der Waals surface area contributed by atoms with E-state index < -0.39 is 95.7 Å². The van der Waals surface area contributed by atoms with E-state index in [2.05, 4.69) is 52.2 Å². The standard InChI is InChI=1S/C50H90N18O10S/c1-6-29(4)39(52)46(76)68-38(27-30-16-18-31(69)19-17-30)45(75)64-33(14-10-23-60-49(55)56)41(71)62-32(13-9-22-59-48(53)54)40(70)63-34(15-11-24-61-50(57)58)42(72)67-37(26-28(2)3)44(74)65-35(20-25-79-5)43(73)66-36(47(77)78)12-7-8-21-51/h16-19,28-29,32-39,69H,6-15,20-27,51-52H2,1-5H3,(H,62,71)(H,63,70)(H,64,75)(H,65,74)(H,66,73)(H,67,72)(H,68,76)(H,77,78)(H4,53,54,59)(H4,55,56,60)(H4,57,58,61)/t29-,32-,33-,34-,35-,36-,37-,38-,39-/m0/s1. The summed E-state index contributed by atoms with van der Waals surface area (Å²) in [5.74, 6) is -7.40. The SMILES string of the molecule is CC[C@H](C)[C@H](N)C(=O)N[C@@H](Cc1ccc(O)cc1)C(=O)N[C@@H](CCCN=C(N)N)C(=O)N[C@@H](CCCN=C(N)N)C(=O)N[C@@H](CCCN=C(N)N)C(=O)N[C@@H](CC(C)C)C(=O)N[C@@H](CCSC)C(=O)N[C@@H](CCCCN)C(=O)O. The van der Waals surface area contributed by atoms with Crippen LogP contribution in [0.3, 0.4) is 0 Å². The average molecular weight is 1140 g/mol. The normalized spacial score (nSPS) is 14.4. The van der Waals surface area contributed by atoms with Gasteiger partial charge in [0.2, 0.25) is 41.4 Å². The van der Waals surface area contributed by atoms with Crippen molar-refractivity contribution in [2.45, 2.75) is 160 Å². The van der Waals surface area contributed by atoms with Crippen molar-refractivity contribution in [3.63, 3.8) is 0 Å². The number of carbonyl (C=O) groups is 8. The van der Waals surface area contributed by atoms with Gasteiger partial charge in [-0.2, -0.15) is 11.8 Å². The number of amides is 7. The molecule has 28 nitrogen and oxygen atoms in total. The van der Waals surface area contributed by atoms with Crippen molar-refractivity contribution in [1.82, 2.24) is 37.2 Å². The van der Waals surface area contributed by atoms with E-state index in [0.29, 0.717) is 37.1 Å². The summed E-state index contributed by atoms with van der Waals surface area (Å²) in [6.45, 7) is 7.69. The number of guanidine groups is 3. The number of unbranched alkanes of at least 4 members (excludes halogenated alkanes) is 1. The summed E-state index contributed by atoms with van der Waals surface area (Å²) in [5, 5.41) is 38.5. The first-order valence-electron chi connectivity index (χ1n) is 26.6. The van der Waals surface area contributed by atoms with Crippen LogP contribution in [0, 0.1) is 11.8 Å². The zero-order valence-corrected chi connectivity index (χ0v) is 47.2. The Hall–Kier alpha value is -7.14.